The van der Waals surface area contributed by atoms with E-state index < -0.39 is 5.92 Å². The van der Waals surface area contributed by atoms with Crippen LogP contribution in [0.3, 0.4) is 0 Å². The highest BCUT2D eigenvalue weighted by Crippen LogP contribution is 2.38. The summed E-state index contributed by atoms with van der Waals surface area (Å²) >= 11 is 3.43. The second kappa shape index (κ2) is 7.02. The Balaban J connectivity index is 1.81. The molecule has 0 aliphatic carbocycles. The molecule has 0 unspecified atom stereocenters. The number of nitrogens with one attached hydrogen (secondary N) is 1. The first kappa shape index (κ1) is 18.6. The number of ketones is 1. The molecule has 1 aromatic heterocycles. The largest absolute Gasteiger partial charge is 0.310 e. The van der Waals surface area contributed by atoms with Crippen molar-refractivity contribution in [2.75, 3.05) is 5.32 Å². The zero-order chi connectivity index (χ0) is 20.0. The van der Waals surface area contributed by atoms with E-state index in [0.29, 0.717) is 11.4 Å². The molecule has 1 aliphatic rings. The summed E-state index contributed by atoms with van der Waals surface area (Å²) < 4.78 is 2.66. The van der Waals surface area contributed by atoms with Gasteiger partial charge in [-0.2, -0.15) is 5.10 Å². The minimum atomic E-state index is -0.532. The summed E-state index contributed by atoms with van der Waals surface area (Å²) in [6, 6.07) is 13.4. The molecule has 6 heteroatoms. The second-order valence-electron chi connectivity index (χ2n) is 7.20. The molecule has 1 atom stereocenters. The summed E-state index contributed by atoms with van der Waals surface area (Å²) in [5.41, 5.74) is 5.20. The van der Waals surface area contributed by atoms with Crippen LogP contribution < -0.4 is 5.32 Å². The lowest BCUT2D eigenvalue weighted by atomic mass is 9.85. The molecular formula is C22H20BrN3O2. The lowest BCUT2D eigenvalue weighted by Gasteiger charge is -2.23. The Bertz CT molecular complexity index is 1100. The quantitative estimate of drug-likeness (QED) is 0.594. The molecule has 0 radical (unpaired) electrons. The molecular weight excluding hydrogens is 418 g/mol. The molecule has 142 valence electrons. The van der Waals surface area contributed by atoms with E-state index in [4.69, 9.17) is 0 Å². The van der Waals surface area contributed by atoms with E-state index in [2.05, 4.69) is 26.3 Å². The summed E-state index contributed by atoms with van der Waals surface area (Å²) in [5, 5.41) is 7.54. The second-order valence-corrected chi connectivity index (χ2v) is 8.12. The number of anilines is 1. The van der Waals surface area contributed by atoms with Gasteiger partial charge in [0.15, 0.2) is 5.78 Å². The van der Waals surface area contributed by atoms with Crippen LogP contribution in [0, 0.1) is 20.8 Å². The Morgan fingerprint density at radius 2 is 1.82 bits per heavy atom. The van der Waals surface area contributed by atoms with Gasteiger partial charge in [0.2, 0.25) is 5.91 Å². The summed E-state index contributed by atoms with van der Waals surface area (Å²) in [6.45, 7) is 5.89. The third-order valence-corrected chi connectivity index (χ3v) is 5.81. The van der Waals surface area contributed by atoms with Crippen molar-refractivity contribution in [1.29, 1.82) is 0 Å². The van der Waals surface area contributed by atoms with Crippen molar-refractivity contribution < 1.29 is 9.59 Å². The van der Waals surface area contributed by atoms with E-state index in [1.54, 1.807) is 4.68 Å². The predicted octanol–water partition coefficient (Wildman–Crippen LogP) is 4.87. The molecule has 0 saturated carbocycles. The van der Waals surface area contributed by atoms with Crippen molar-refractivity contribution >= 4 is 33.4 Å². The fraction of sp³-hybridized carbons (Fsp3) is 0.227. The number of hydrogen-bond donors (Lipinski definition) is 1. The standard InChI is InChI=1S/C22H20BrN3O2/c1-12-4-5-15(10-13(12)2)21(28)18-11-19(27)24-22-20(18)14(3)25-26(22)17-8-6-16(23)7-9-17/h4-10,18H,11H2,1-3H3,(H,24,27)/t18-/m0/s1. The van der Waals surface area contributed by atoms with Crippen LogP contribution in [0.1, 0.15) is 45.1 Å². The van der Waals surface area contributed by atoms with Gasteiger partial charge in [0.1, 0.15) is 5.82 Å². The average Bonchev–Trinajstić information content (AvgIpc) is 3.00. The number of fused-ring (bicyclic) bond motifs is 1. The number of Topliss-reactive ketones (excluding diaryl/α,β-unsaturated/α-hetero) is 1. The van der Waals surface area contributed by atoms with Gasteiger partial charge < -0.3 is 5.32 Å². The van der Waals surface area contributed by atoms with E-state index in [0.717, 1.165) is 32.5 Å². The maximum absolute atomic E-state index is 13.3. The van der Waals surface area contributed by atoms with Crippen molar-refractivity contribution in [3.8, 4) is 5.69 Å². The van der Waals surface area contributed by atoms with Gasteiger partial charge in [0, 0.05) is 22.0 Å². The molecule has 1 N–H and O–H groups in total. The van der Waals surface area contributed by atoms with Gasteiger partial charge in [-0.15, -0.1) is 0 Å². The Morgan fingerprint density at radius 3 is 2.50 bits per heavy atom. The number of aromatic nitrogens is 2. The van der Waals surface area contributed by atoms with Crippen molar-refractivity contribution in [3.63, 3.8) is 0 Å². The molecule has 1 amide bonds. The molecule has 4 rings (SSSR count). The number of amides is 1. The van der Waals surface area contributed by atoms with Crippen LogP contribution in [0.5, 0.6) is 0 Å². The number of carbonyl (C=O) groups is 2. The lowest BCUT2D eigenvalue weighted by molar-refractivity contribution is -0.116. The van der Waals surface area contributed by atoms with Crippen molar-refractivity contribution in [2.24, 2.45) is 0 Å². The Kier molecular flexibility index (Phi) is 4.67. The van der Waals surface area contributed by atoms with Crippen molar-refractivity contribution in [3.05, 3.63) is 74.9 Å². The number of halogens is 1. The first-order valence-corrected chi connectivity index (χ1v) is 9.91. The van der Waals surface area contributed by atoms with Crippen LogP contribution in [0.25, 0.3) is 5.69 Å². The minimum Gasteiger partial charge on any atom is -0.310 e. The van der Waals surface area contributed by atoms with Gasteiger partial charge in [-0.05, 0) is 62.2 Å². The predicted molar refractivity (Wildman–Crippen MR) is 112 cm³/mol. The third kappa shape index (κ3) is 3.18. The molecule has 5 nitrogen and oxygen atoms in total. The normalized spacial score (nSPS) is 15.9. The highest BCUT2D eigenvalue weighted by atomic mass is 79.9. The highest BCUT2D eigenvalue weighted by Gasteiger charge is 2.36. The van der Waals surface area contributed by atoms with E-state index in [1.807, 2.05) is 63.2 Å². The summed E-state index contributed by atoms with van der Waals surface area (Å²) in [5.74, 6) is -0.168. The number of carbonyl (C=O) groups excluding carboxylic acids is 2. The number of benzene rings is 2. The Morgan fingerprint density at radius 1 is 1.11 bits per heavy atom. The first-order chi connectivity index (χ1) is 13.3. The maximum Gasteiger partial charge on any atom is 0.226 e. The first-order valence-electron chi connectivity index (χ1n) is 9.12. The topological polar surface area (TPSA) is 64.0 Å². The van der Waals surface area contributed by atoms with Crippen molar-refractivity contribution in [1.82, 2.24) is 9.78 Å². The zero-order valence-electron chi connectivity index (χ0n) is 15.9. The summed E-state index contributed by atoms with van der Waals surface area (Å²) in [6.07, 6.45) is 0.131. The molecule has 3 aromatic rings. The van der Waals surface area contributed by atoms with Gasteiger partial charge in [-0.1, -0.05) is 28.1 Å². The van der Waals surface area contributed by atoms with Crippen molar-refractivity contribution in [2.45, 2.75) is 33.1 Å². The molecule has 0 bridgehead atoms. The number of hydrogen-bond acceptors (Lipinski definition) is 3. The van der Waals surface area contributed by atoms with Crippen LogP contribution in [0.2, 0.25) is 0 Å². The molecule has 28 heavy (non-hydrogen) atoms. The van der Waals surface area contributed by atoms with Gasteiger partial charge >= 0.3 is 0 Å². The monoisotopic (exact) mass is 437 g/mol. The SMILES string of the molecule is Cc1ccc(C(=O)[C@H]2CC(=O)Nc3c2c(C)nn3-c2ccc(Br)cc2)cc1C. The average molecular weight is 438 g/mol. The molecule has 0 saturated heterocycles. The Hall–Kier alpha value is -2.73. The number of nitrogens with zero attached hydrogens (tertiary/aromatic N) is 2. The molecule has 2 heterocycles. The zero-order valence-corrected chi connectivity index (χ0v) is 17.5. The van der Waals surface area contributed by atoms with Gasteiger partial charge in [-0.25, -0.2) is 4.68 Å². The van der Waals surface area contributed by atoms with Crippen LogP contribution in [0.4, 0.5) is 5.82 Å². The van der Waals surface area contributed by atoms with E-state index in [9.17, 15) is 9.59 Å². The highest BCUT2D eigenvalue weighted by molar-refractivity contribution is 9.10. The van der Waals surface area contributed by atoms with E-state index >= 15 is 0 Å². The van der Waals surface area contributed by atoms with Gasteiger partial charge in [0.25, 0.3) is 0 Å². The lowest BCUT2D eigenvalue weighted by Crippen LogP contribution is -2.28. The van der Waals surface area contributed by atoms with Crippen LogP contribution >= 0.6 is 15.9 Å². The van der Waals surface area contributed by atoms with E-state index in [1.165, 1.54) is 0 Å². The molecule has 2 aromatic carbocycles. The molecule has 0 fully saturated rings. The fourth-order valence-electron chi connectivity index (χ4n) is 3.64. The van der Waals surface area contributed by atoms with Crippen LogP contribution in [-0.4, -0.2) is 21.5 Å². The third-order valence-electron chi connectivity index (χ3n) is 5.28. The van der Waals surface area contributed by atoms with E-state index in [-0.39, 0.29) is 18.1 Å². The van der Waals surface area contributed by atoms with Crippen LogP contribution in [0.15, 0.2) is 46.9 Å². The number of aryl methyl sites for hydroxylation is 3. The fourth-order valence-corrected chi connectivity index (χ4v) is 3.90. The minimum absolute atomic E-state index is 0.0438. The summed E-state index contributed by atoms with van der Waals surface area (Å²) in [4.78, 5) is 25.7. The maximum atomic E-state index is 13.3. The van der Waals surface area contributed by atoms with Gasteiger partial charge in [-0.3, -0.25) is 9.59 Å². The Labute approximate surface area is 171 Å². The van der Waals surface area contributed by atoms with Crippen LogP contribution in [-0.2, 0) is 4.79 Å². The smallest absolute Gasteiger partial charge is 0.226 e. The molecule has 1 aliphatic heterocycles. The number of rotatable bonds is 3. The van der Waals surface area contributed by atoms with Gasteiger partial charge in [0.05, 0.1) is 17.3 Å². The summed E-state index contributed by atoms with van der Waals surface area (Å²) in [7, 11) is 0. The molecule has 0 spiro atoms.